The number of nitro benzene ring substituents is 1. The molecule has 2 rings (SSSR count). The van der Waals surface area contributed by atoms with E-state index < -0.39 is 16.6 Å². The Morgan fingerprint density at radius 2 is 1.95 bits per heavy atom. The number of hydrogen-bond acceptors (Lipinski definition) is 4. The second-order valence-electron chi connectivity index (χ2n) is 4.20. The Labute approximate surface area is 118 Å². The molecule has 0 aliphatic rings. The largest absolute Gasteiger partial charge is 0.379 e. The van der Waals surface area contributed by atoms with Crippen LogP contribution in [0.25, 0.3) is 0 Å². The van der Waals surface area contributed by atoms with Crippen LogP contribution < -0.4 is 5.32 Å². The van der Waals surface area contributed by atoms with Gasteiger partial charge in [-0.05, 0) is 23.8 Å². The summed E-state index contributed by atoms with van der Waals surface area (Å²) in [4.78, 5) is 9.81. The van der Waals surface area contributed by atoms with Crippen molar-refractivity contribution < 1.29 is 13.7 Å². The number of nitriles is 1. The van der Waals surface area contributed by atoms with Crippen LogP contribution in [0.4, 0.5) is 20.2 Å². The lowest BCUT2D eigenvalue weighted by atomic mass is 10.1. The van der Waals surface area contributed by atoms with E-state index in [1.807, 2.05) is 0 Å². The van der Waals surface area contributed by atoms with Crippen LogP contribution in [0.3, 0.4) is 0 Å². The first kappa shape index (κ1) is 14.4. The minimum Gasteiger partial charge on any atom is -0.379 e. The molecule has 0 atom stereocenters. The molecule has 2 aromatic rings. The van der Waals surface area contributed by atoms with Crippen molar-refractivity contribution in [3.63, 3.8) is 0 Å². The quantitative estimate of drug-likeness (QED) is 0.691. The third kappa shape index (κ3) is 3.30. The topological polar surface area (TPSA) is 79.0 Å². The van der Waals surface area contributed by atoms with Crippen molar-refractivity contribution in [3.8, 4) is 6.07 Å². The lowest BCUT2D eigenvalue weighted by Crippen LogP contribution is -2.03. The maximum atomic E-state index is 13.6. The normalized spacial score (nSPS) is 9.95. The van der Waals surface area contributed by atoms with Crippen LogP contribution in [0, 0.1) is 33.1 Å². The smallest absolute Gasteiger partial charge is 0.272 e. The van der Waals surface area contributed by atoms with Gasteiger partial charge in [0.25, 0.3) is 5.69 Å². The summed E-state index contributed by atoms with van der Waals surface area (Å²) < 4.78 is 26.8. The number of nitro groups is 1. The van der Waals surface area contributed by atoms with Crippen molar-refractivity contribution in [3.05, 3.63) is 69.3 Å². The van der Waals surface area contributed by atoms with Crippen LogP contribution in [0.5, 0.6) is 0 Å². The molecule has 0 saturated heterocycles. The monoisotopic (exact) mass is 289 g/mol. The predicted octanol–water partition coefficient (Wildman–Crippen LogP) is 3.36. The van der Waals surface area contributed by atoms with Gasteiger partial charge in [0.2, 0.25) is 0 Å². The number of anilines is 1. The van der Waals surface area contributed by atoms with Gasteiger partial charge in [0.15, 0.2) is 5.82 Å². The standard InChI is InChI=1S/C14H9F2N3O2/c15-12-3-1-9(5-10(12)7-17)8-18-14-4-2-11(19(20)21)6-13(14)16/h1-6,18H,8H2. The van der Waals surface area contributed by atoms with Gasteiger partial charge < -0.3 is 5.32 Å². The predicted molar refractivity (Wildman–Crippen MR) is 71.5 cm³/mol. The Kier molecular flexibility index (Phi) is 4.09. The molecule has 0 bridgehead atoms. The molecule has 0 aliphatic carbocycles. The highest BCUT2D eigenvalue weighted by Crippen LogP contribution is 2.21. The van der Waals surface area contributed by atoms with Crippen molar-refractivity contribution in [1.29, 1.82) is 5.26 Å². The Morgan fingerprint density at radius 1 is 1.19 bits per heavy atom. The number of nitrogens with zero attached hydrogens (tertiary/aromatic N) is 2. The Balaban J connectivity index is 2.13. The van der Waals surface area contributed by atoms with Crippen LogP contribution in [0.2, 0.25) is 0 Å². The van der Waals surface area contributed by atoms with Crippen LogP contribution in [-0.2, 0) is 6.54 Å². The van der Waals surface area contributed by atoms with Crippen molar-refractivity contribution in [1.82, 2.24) is 0 Å². The number of benzene rings is 2. The molecule has 0 radical (unpaired) electrons. The van der Waals surface area contributed by atoms with Crippen molar-refractivity contribution >= 4 is 11.4 Å². The number of nitrogens with one attached hydrogen (secondary N) is 1. The Hall–Kier alpha value is -3.01. The maximum absolute atomic E-state index is 13.6. The highest BCUT2D eigenvalue weighted by Gasteiger charge is 2.10. The average molecular weight is 289 g/mol. The third-order valence-corrected chi connectivity index (χ3v) is 2.80. The molecule has 0 amide bonds. The summed E-state index contributed by atoms with van der Waals surface area (Å²) in [6.45, 7) is 0.156. The fourth-order valence-electron chi connectivity index (χ4n) is 1.73. The summed E-state index contributed by atoms with van der Waals surface area (Å²) in [6.07, 6.45) is 0. The molecule has 1 N–H and O–H groups in total. The molecule has 0 heterocycles. The molecule has 21 heavy (non-hydrogen) atoms. The molecular weight excluding hydrogens is 280 g/mol. The Bertz CT molecular complexity index is 741. The Morgan fingerprint density at radius 3 is 2.57 bits per heavy atom. The van der Waals surface area contributed by atoms with E-state index in [2.05, 4.69) is 5.32 Å². The van der Waals surface area contributed by atoms with E-state index in [1.165, 1.54) is 24.3 Å². The second kappa shape index (κ2) is 5.96. The minimum absolute atomic E-state index is 0.0865. The molecule has 0 unspecified atom stereocenters. The zero-order valence-corrected chi connectivity index (χ0v) is 10.6. The summed E-state index contributed by atoms with van der Waals surface area (Å²) >= 11 is 0. The van der Waals surface area contributed by atoms with E-state index >= 15 is 0 Å². The highest BCUT2D eigenvalue weighted by atomic mass is 19.1. The van der Waals surface area contributed by atoms with Gasteiger partial charge in [-0.3, -0.25) is 10.1 Å². The highest BCUT2D eigenvalue weighted by molar-refractivity contribution is 5.50. The van der Waals surface area contributed by atoms with Gasteiger partial charge in [-0.25, -0.2) is 8.78 Å². The van der Waals surface area contributed by atoms with E-state index in [-0.39, 0.29) is 23.5 Å². The molecule has 0 aromatic heterocycles. The van der Waals surface area contributed by atoms with Gasteiger partial charge in [-0.15, -0.1) is 0 Å². The molecular formula is C14H9F2N3O2. The van der Waals surface area contributed by atoms with Crippen molar-refractivity contribution in [2.75, 3.05) is 5.32 Å². The molecule has 106 valence electrons. The number of non-ortho nitro benzene ring substituents is 1. The summed E-state index contributed by atoms with van der Waals surface area (Å²) in [6, 6.07) is 8.93. The number of hydrogen-bond donors (Lipinski definition) is 1. The zero-order chi connectivity index (χ0) is 15.4. The fraction of sp³-hybridized carbons (Fsp3) is 0.0714. The third-order valence-electron chi connectivity index (χ3n) is 2.80. The molecule has 0 spiro atoms. The van der Waals surface area contributed by atoms with Gasteiger partial charge in [-0.2, -0.15) is 5.26 Å². The van der Waals surface area contributed by atoms with Crippen LogP contribution >= 0.6 is 0 Å². The minimum atomic E-state index is -0.758. The van der Waals surface area contributed by atoms with Crippen molar-refractivity contribution in [2.45, 2.75) is 6.54 Å². The summed E-state index contributed by atoms with van der Waals surface area (Å²) in [7, 11) is 0. The van der Waals surface area contributed by atoms with Crippen LogP contribution in [0.1, 0.15) is 11.1 Å². The first-order chi connectivity index (χ1) is 10.0. The van der Waals surface area contributed by atoms with E-state index in [0.29, 0.717) is 5.56 Å². The second-order valence-corrected chi connectivity index (χ2v) is 4.20. The van der Waals surface area contributed by atoms with Gasteiger partial charge in [-0.1, -0.05) is 6.07 Å². The van der Waals surface area contributed by atoms with Crippen LogP contribution in [0.15, 0.2) is 36.4 Å². The van der Waals surface area contributed by atoms with E-state index in [0.717, 1.165) is 12.1 Å². The van der Waals surface area contributed by atoms with Crippen LogP contribution in [-0.4, -0.2) is 4.92 Å². The van der Waals surface area contributed by atoms with Gasteiger partial charge in [0.1, 0.15) is 11.9 Å². The number of rotatable bonds is 4. The summed E-state index contributed by atoms with van der Waals surface area (Å²) in [5.74, 6) is -1.38. The number of halogens is 2. The van der Waals surface area contributed by atoms with Gasteiger partial charge >= 0.3 is 0 Å². The van der Waals surface area contributed by atoms with Gasteiger partial charge in [0.05, 0.1) is 22.2 Å². The average Bonchev–Trinajstić information content (AvgIpc) is 2.47. The molecule has 0 aliphatic heterocycles. The molecule has 0 fully saturated rings. The molecule has 5 nitrogen and oxygen atoms in total. The first-order valence-corrected chi connectivity index (χ1v) is 5.87. The van der Waals surface area contributed by atoms with E-state index in [4.69, 9.17) is 5.26 Å². The van der Waals surface area contributed by atoms with E-state index in [9.17, 15) is 18.9 Å². The summed E-state index contributed by atoms with van der Waals surface area (Å²) in [5, 5.41) is 22.0. The summed E-state index contributed by atoms with van der Waals surface area (Å²) in [5.41, 5.74) is 0.235. The molecule has 0 saturated carbocycles. The fourth-order valence-corrected chi connectivity index (χ4v) is 1.73. The molecule has 7 heteroatoms. The molecule has 2 aromatic carbocycles. The zero-order valence-electron chi connectivity index (χ0n) is 10.6. The van der Waals surface area contributed by atoms with Crippen molar-refractivity contribution in [2.24, 2.45) is 0 Å². The SMILES string of the molecule is N#Cc1cc(CNc2ccc([N+](=O)[O-])cc2F)ccc1F. The van der Waals surface area contributed by atoms with Gasteiger partial charge in [0, 0.05) is 12.6 Å². The first-order valence-electron chi connectivity index (χ1n) is 5.87. The lowest BCUT2D eigenvalue weighted by Gasteiger charge is -2.08. The maximum Gasteiger partial charge on any atom is 0.272 e. The van der Waals surface area contributed by atoms with E-state index in [1.54, 1.807) is 6.07 Å². The lowest BCUT2D eigenvalue weighted by molar-refractivity contribution is -0.385.